The molecule has 0 aliphatic carbocycles. The van der Waals surface area contributed by atoms with Crippen LogP contribution in [0, 0.1) is 30.3 Å². The molecule has 0 radical (unpaired) electrons. The van der Waals surface area contributed by atoms with Gasteiger partial charge >= 0.3 is 18.3 Å². The highest BCUT2D eigenvalue weighted by Crippen LogP contribution is 2.36. The van der Waals surface area contributed by atoms with E-state index in [2.05, 4.69) is 10.3 Å². The van der Waals surface area contributed by atoms with E-state index in [1.807, 2.05) is 0 Å². The average molecular weight is 824 g/mol. The number of thiol groups is 1. The summed E-state index contributed by atoms with van der Waals surface area (Å²) in [6.07, 6.45) is -3.10. The Kier molecular flexibility index (Phi) is 13.9. The summed E-state index contributed by atoms with van der Waals surface area (Å²) in [5.41, 5.74) is 1.07. The first-order valence-electron chi connectivity index (χ1n) is 17.5. The molecule has 2 aliphatic heterocycles. The topological polar surface area (TPSA) is 265 Å². The normalized spacial score (nSPS) is 19.2. The van der Waals surface area contributed by atoms with Crippen molar-refractivity contribution in [1.82, 2.24) is 15.1 Å². The van der Waals surface area contributed by atoms with Crippen LogP contribution in [-0.4, -0.2) is 104 Å². The third-order valence-electron chi connectivity index (χ3n) is 9.34. The van der Waals surface area contributed by atoms with Crippen LogP contribution in [0.1, 0.15) is 30.0 Å². The second-order valence-electron chi connectivity index (χ2n) is 13.2. The number of ether oxygens (including phenoxy) is 4. The van der Waals surface area contributed by atoms with Crippen molar-refractivity contribution in [3.8, 4) is 0 Å². The molecule has 21 nitrogen and oxygen atoms in total. The predicted octanol–water partition coefficient (Wildman–Crippen LogP) is 4.74. The molecule has 1 N–H and O–H groups in total. The highest BCUT2D eigenvalue weighted by molar-refractivity contribution is 7.82. The van der Waals surface area contributed by atoms with Gasteiger partial charge in [-0.1, -0.05) is 0 Å². The van der Waals surface area contributed by atoms with E-state index < -0.39 is 55.8 Å². The van der Waals surface area contributed by atoms with Crippen LogP contribution in [0.2, 0.25) is 0 Å². The summed E-state index contributed by atoms with van der Waals surface area (Å²) in [4.78, 5) is 91.1. The molecular formula is C36H37N7O14S. The molecule has 3 aromatic rings. The fourth-order valence-corrected chi connectivity index (χ4v) is 6.46. The SMILES string of the molecule is CC(=NC(=O)OCc1ccc([N+](=O)[O-])cc1)[C@]1(S)C[C@@H](C(=O)N2CCNCC2COC(=O)OCc2ccc([N+](=O)[O-])cc2)N(C(=O)OCc2ccc([N+](=O)[O-])cc2)C1. The molecule has 2 aliphatic rings. The van der Waals surface area contributed by atoms with Crippen LogP contribution >= 0.6 is 12.6 Å². The number of hydrogen-bond donors (Lipinski definition) is 2. The Hall–Kier alpha value is -6.68. The number of nitrogens with zero attached hydrogens (tertiary/aromatic N) is 6. The van der Waals surface area contributed by atoms with E-state index in [0.29, 0.717) is 23.2 Å². The molecule has 3 aromatic carbocycles. The molecule has 58 heavy (non-hydrogen) atoms. The Morgan fingerprint density at radius 3 is 1.74 bits per heavy atom. The number of aliphatic imine (C=N–C) groups is 1. The summed E-state index contributed by atoms with van der Waals surface area (Å²) in [5.74, 6) is -0.536. The van der Waals surface area contributed by atoms with Crippen molar-refractivity contribution in [2.45, 2.75) is 50.0 Å². The molecule has 0 aromatic heterocycles. The minimum Gasteiger partial charge on any atom is -0.445 e. The van der Waals surface area contributed by atoms with Crippen molar-refractivity contribution in [2.75, 3.05) is 32.8 Å². The quantitative estimate of drug-likeness (QED) is 0.0589. The summed E-state index contributed by atoms with van der Waals surface area (Å²) in [7, 11) is 0. The van der Waals surface area contributed by atoms with Gasteiger partial charge in [-0.2, -0.15) is 17.6 Å². The first-order chi connectivity index (χ1) is 27.6. The molecule has 2 heterocycles. The second kappa shape index (κ2) is 19.0. The number of rotatable bonds is 13. The molecule has 0 bridgehead atoms. The van der Waals surface area contributed by atoms with Crippen LogP contribution < -0.4 is 5.32 Å². The monoisotopic (exact) mass is 823 g/mol. The van der Waals surface area contributed by atoms with Gasteiger partial charge < -0.3 is 29.2 Å². The summed E-state index contributed by atoms with van der Waals surface area (Å²) >= 11 is 4.80. The number of hydrogen-bond acceptors (Lipinski definition) is 16. The number of carbonyl (C=O) groups is 4. The highest BCUT2D eigenvalue weighted by atomic mass is 32.1. The van der Waals surface area contributed by atoms with Crippen molar-refractivity contribution >= 4 is 59.7 Å². The second-order valence-corrected chi connectivity index (χ2v) is 14.1. The summed E-state index contributed by atoms with van der Waals surface area (Å²) in [5, 5.41) is 36.0. The molecule has 1 unspecified atom stereocenters. The maximum absolute atomic E-state index is 14.3. The third-order valence-corrected chi connectivity index (χ3v) is 9.99. The van der Waals surface area contributed by atoms with E-state index in [1.165, 1.54) is 84.6 Å². The number of likely N-dealkylation sites (tertiary alicyclic amines) is 1. The number of non-ortho nitro benzene ring substituents is 3. The summed E-state index contributed by atoms with van der Waals surface area (Å²) in [6.45, 7) is 0.945. The van der Waals surface area contributed by atoms with Crippen LogP contribution in [0.25, 0.3) is 0 Å². The third kappa shape index (κ3) is 11.0. The lowest BCUT2D eigenvalue weighted by molar-refractivity contribution is -0.385. The van der Waals surface area contributed by atoms with Crippen LogP contribution in [0.15, 0.2) is 77.8 Å². The zero-order chi connectivity index (χ0) is 42.0. The van der Waals surface area contributed by atoms with Gasteiger partial charge in [-0.05, 0) is 66.4 Å². The fourth-order valence-electron chi connectivity index (χ4n) is 6.09. The van der Waals surface area contributed by atoms with Gasteiger partial charge in [-0.3, -0.25) is 40.0 Å². The van der Waals surface area contributed by atoms with Gasteiger partial charge in [0, 0.05) is 68.3 Å². The van der Waals surface area contributed by atoms with Crippen molar-refractivity contribution < 1.29 is 52.9 Å². The number of piperazine rings is 1. The fraction of sp³-hybridized carbons (Fsp3) is 0.361. The van der Waals surface area contributed by atoms with E-state index in [0.717, 1.165) is 4.90 Å². The molecule has 22 heteroatoms. The van der Waals surface area contributed by atoms with Crippen LogP contribution in [0.4, 0.5) is 31.4 Å². The Morgan fingerprint density at radius 1 is 0.759 bits per heavy atom. The molecule has 0 spiro atoms. The molecule has 0 saturated carbocycles. The number of benzene rings is 3. The molecule has 2 fully saturated rings. The molecular weight excluding hydrogens is 786 g/mol. The first kappa shape index (κ1) is 42.5. The minimum atomic E-state index is -1.35. The predicted molar refractivity (Wildman–Crippen MR) is 204 cm³/mol. The standard InChI is InChI=1S/C36H37N7O14S/c1-23(38-33(45)54-18-24-2-8-27(9-3-24)41(48)49)36(58)16-31(40(22-36)34(46)55-19-25-4-10-28(11-5-25)42(50)51)32(44)39-15-14-37-17-30(39)21-57-35(47)56-20-26-6-12-29(13-7-26)43(52)53/h2-13,30-31,37,58H,14-22H2,1H3/t30?,31-,36-/m0/s1. The lowest BCUT2D eigenvalue weighted by Crippen LogP contribution is -2.59. The Balaban J connectivity index is 1.28. The number of nitro benzene ring substituents is 3. The number of amides is 3. The van der Waals surface area contributed by atoms with Gasteiger partial charge in [0.1, 0.15) is 32.5 Å². The number of nitrogens with one attached hydrogen (secondary N) is 1. The Bertz CT molecular complexity index is 2070. The maximum atomic E-state index is 14.3. The molecule has 306 valence electrons. The van der Waals surface area contributed by atoms with Gasteiger partial charge in [0.2, 0.25) is 5.91 Å². The van der Waals surface area contributed by atoms with Gasteiger partial charge in [-0.15, -0.1) is 0 Å². The zero-order valence-electron chi connectivity index (χ0n) is 30.8. The van der Waals surface area contributed by atoms with Crippen LogP contribution in [0.5, 0.6) is 0 Å². The minimum absolute atomic E-state index is 0.115. The number of carbonyl (C=O) groups excluding carboxylic acids is 4. The highest BCUT2D eigenvalue weighted by Gasteiger charge is 2.51. The van der Waals surface area contributed by atoms with Crippen molar-refractivity contribution in [1.29, 1.82) is 0 Å². The molecule has 3 amide bonds. The van der Waals surface area contributed by atoms with E-state index in [1.54, 1.807) is 0 Å². The van der Waals surface area contributed by atoms with E-state index in [9.17, 15) is 49.5 Å². The van der Waals surface area contributed by atoms with Gasteiger partial charge in [-0.25, -0.2) is 14.4 Å². The van der Waals surface area contributed by atoms with Gasteiger partial charge in [0.15, 0.2) is 0 Å². The van der Waals surface area contributed by atoms with E-state index >= 15 is 0 Å². The van der Waals surface area contributed by atoms with Gasteiger partial charge in [0.05, 0.1) is 25.6 Å². The van der Waals surface area contributed by atoms with Crippen molar-refractivity contribution in [2.24, 2.45) is 4.99 Å². The Labute approximate surface area is 334 Å². The Morgan fingerprint density at radius 2 is 1.24 bits per heavy atom. The number of nitro groups is 3. The van der Waals surface area contributed by atoms with Gasteiger partial charge in [0.25, 0.3) is 17.1 Å². The van der Waals surface area contributed by atoms with E-state index in [-0.39, 0.29) is 75.3 Å². The molecule has 2 saturated heterocycles. The summed E-state index contributed by atoms with van der Waals surface area (Å²) in [6, 6.07) is 14.2. The lowest BCUT2D eigenvalue weighted by Gasteiger charge is -2.38. The maximum Gasteiger partial charge on any atom is 0.508 e. The van der Waals surface area contributed by atoms with Crippen molar-refractivity contribution in [3.63, 3.8) is 0 Å². The first-order valence-corrected chi connectivity index (χ1v) is 18.0. The van der Waals surface area contributed by atoms with Crippen molar-refractivity contribution in [3.05, 3.63) is 120 Å². The van der Waals surface area contributed by atoms with E-state index in [4.69, 9.17) is 31.6 Å². The average Bonchev–Trinajstić information content (AvgIpc) is 3.59. The smallest absolute Gasteiger partial charge is 0.445 e. The lowest BCUT2D eigenvalue weighted by atomic mass is 9.98. The van der Waals surface area contributed by atoms with Crippen LogP contribution in [-0.2, 0) is 43.6 Å². The largest absolute Gasteiger partial charge is 0.508 e. The molecule has 3 atom stereocenters. The molecule has 5 rings (SSSR count). The van der Waals surface area contributed by atoms with Crippen LogP contribution in [0.3, 0.4) is 0 Å². The summed E-state index contributed by atoms with van der Waals surface area (Å²) < 4.78 is 19.9. The zero-order valence-corrected chi connectivity index (χ0v) is 31.7.